The second-order valence-corrected chi connectivity index (χ2v) is 9.76. The quantitative estimate of drug-likeness (QED) is 0.475. The molecule has 0 saturated heterocycles. The molecule has 2 aromatic carbocycles. The summed E-state index contributed by atoms with van der Waals surface area (Å²) in [5.74, 6) is -1.07. The van der Waals surface area contributed by atoms with Gasteiger partial charge in [0, 0.05) is 22.2 Å². The van der Waals surface area contributed by atoms with E-state index in [2.05, 4.69) is 5.32 Å². The molecule has 6 heteroatoms. The average Bonchev–Trinajstić information content (AvgIpc) is 3.49. The fraction of sp³-hybridized carbons (Fsp3) is 0.333. The summed E-state index contributed by atoms with van der Waals surface area (Å²) in [6.45, 7) is 3.86. The van der Waals surface area contributed by atoms with Crippen LogP contribution in [0.4, 0.5) is 10.1 Å². The van der Waals surface area contributed by atoms with Crippen molar-refractivity contribution in [3.8, 4) is 0 Å². The number of halogens is 1. The minimum absolute atomic E-state index is 0.0552. The van der Waals surface area contributed by atoms with Gasteiger partial charge in [-0.05, 0) is 61.4 Å². The number of carbonyl (C=O) groups is 2. The summed E-state index contributed by atoms with van der Waals surface area (Å²) in [4.78, 5) is 29.9. The second-order valence-electron chi connectivity index (χ2n) is 8.72. The molecule has 2 amide bonds. The van der Waals surface area contributed by atoms with Crippen LogP contribution in [0.25, 0.3) is 0 Å². The number of carbonyl (C=O) groups excluding carboxylic acids is 2. The van der Waals surface area contributed by atoms with Gasteiger partial charge in [-0.3, -0.25) is 14.5 Å². The van der Waals surface area contributed by atoms with Gasteiger partial charge in [0.2, 0.25) is 11.8 Å². The first-order chi connectivity index (χ1) is 15.9. The first kappa shape index (κ1) is 23.2. The van der Waals surface area contributed by atoms with E-state index in [1.54, 1.807) is 18.2 Å². The van der Waals surface area contributed by atoms with Crippen LogP contribution in [0.3, 0.4) is 0 Å². The molecule has 1 heterocycles. The fourth-order valence-electron chi connectivity index (χ4n) is 4.49. The van der Waals surface area contributed by atoms with E-state index in [1.165, 1.54) is 22.3 Å². The molecule has 172 valence electrons. The number of rotatable bonds is 7. The third-order valence-corrected chi connectivity index (χ3v) is 7.08. The number of hydrogen-bond donors (Lipinski definition) is 1. The highest BCUT2D eigenvalue weighted by molar-refractivity contribution is 7.10. The molecular weight excluding hydrogens is 435 g/mol. The van der Waals surface area contributed by atoms with E-state index in [9.17, 15) is 9.59 Å². The van der Waals surface area contributed by atoms with Crippen molar-refractivity contribution in [3.05, 3.63) is 87.4 Å². The molecule has 0 unspecified atom stereocenters. The molecule has 33 heavy (non-hydrogen) atoms. The fourth-order valence-corrected chi connectivity index (χ4v) is 5.18. The van der Waals surface area contributed by atoms with Crippen LogP contribution in [0, 0.1) is 19.7 Å². The maximum Gasteiger partial charge on any atom is 0.248 e. The third kappa shape index (κ3) is 5.33. The number of aryl methyl sites for hydroxylation is 2. The summed E-state index contributed by atoms with van der Waals surface area (Å²) >= 11 is 1.49. The molecule has 4 nitrogen and oxygen atoms in total. The van der Waals surface area contributed by atoms with Gasteiger partial charge < -0.3 is 5.32 Å². The Morgan fingerprint density at radius 2 is 1.85 bits per heavy atom. The van der Waals surface area contributed by atoms with Gasteiger partial charge in [0.25, 0.3) is 0 Å². The van der Waals surface area contributed by atoms with E-state index in [0.717, 1.165) is 41.7 Å². The highest BCUT2D eigenvalue weighted by Crippen LogP contribution is 2.34. The predicted molar refractivity (Wildman–Crippen MR) is 131 cm³/mol. The van der Waals surface area contributed by atoms with E-state index >= 15 is 4.39 Å². The third-order valence-electron chi connectivity index (χ3n) is 6.21. The molecule has 4 rings (SSSR count). The lowest BCUT2D eigenvalue weighted by atomic mass is 9.99. The van der Waals surface area contributed by atoms with Gasteiger partial charge in [-0.2, -0.15) is 0 Å². The SMILES string of the molecule is Cc1ccc(C)c(N(C(=O)Cc2cccs2)[C@@H](C(=O)NC2CCCC2)c2ccccc2F)c1. The van der Waals surface area contributed by atoms with E-state index in [0.29, 0.717) is 5.69 Å². The van der Waals surface area contributed by atoms with E-state index in [4.69, 9.17) is 0 Å². The standard InChI is InChI=1S/C27H29FN2O2S/c1-18-13-14-19(2)24(16-18)30(25(31)17-21-10-7-15-33-21)26(22-11-5-6-12-23(22)28)27(32)29-20-8-3-4-9-20/h5-7,10-16,20,26H,3-4,8-9,17H2,1-2H3,(H,29,32)/t26-/m1/s1. The van der Waals surface area contributed by atoms with Gasteiger partial charge in [0.05, 0.1) is 6.42 Å². The van der Waals surface area contributed by atoms with Crippen molar-refractivity contribution in [1.82, 2.24) is 5.32 Å². The Morgan fingerprint density at radius 3 is 2.55 bits per heavy atom. The van der Waals surface area contributed by atoms with Crippen molar-refractivity contribution in [2.45, 2.75) is 58.0 Å². The molecule has 0 bridgehead atoms. The maximum absolute atomic E-state index is 15.1. The maximum atomic E-state index is 15.1. The minimum Gasteiger partial charge on any atom is -0.351 e. The monoisotopic (exact) mass is 464 g/mol. The van der Waals surface area contributed by atoms with Crippen molar-refractivity contribution in [3.63, 3.8) is 0 Å². The van der Waals surface area contributed by atoms with Crippen LogP contribution in [-0.4, -0.2) is 17.9 Å². The van der Waals surface area contributed by atoms with E-state index < -0.39 is 11.9 Å². The highest BCUT2D eigenvalue weighted by atomic mass is 32.1. The average molecular weight is 465 g/mol. The minimum atomic E-state index is -1.10. The Bertz CT molecular complexity index is 1120. The summed E-state index contributed by atoms with van der Waals surface area (Å²) < 4.78 is 15.1. The molecular formula is C27H29FN2O2S. The Kier molecular flexibility index (Phi) is 7.23. The van der Waals surface area contributed by atoms with Gasteiger partial charge in [-0.25, -0.2) is 4.39 Å². The Balaban J connectivity index is 1.82. The van der Waals surface area contributed by atoms with Crippen LogP contribution < -0.4 is 10.2 Å². The number of thiophene rings is 1. The lowest BCUT2D eigenvalue weighted by Gasteiger charge is -2.33. The summed E-state index contributed by atoms with van der Waals surface area (Å²) in [6.07, 6.45) is 4.08. The van der Waals surface area contributed by atoms with E-state index in [-0.39, 0.29) is 29.8 Å². The van der Waals surface area contributed by atoms with E-state index in [1.807, 2.05) is 49.6 Å². The van der Waals surface area contributed by atoms with Crippen molar-refractivity contribution in [1.29, 1.82) is 0 Å². The molecule has 1 fully saturated rings. The van der Waals surface area contributed by atoms with Gasteiger partial charge in [-0.15, -0.1) is 11.3 Å². The van der Waals surface area contributed by atoms with Gasteiger partial charge in [-0.1, -0.05) is 49.2 Å². The molecule has 1 N–H and O–H groups in total. The predicted octanol–water partition coefficient (Wildman–Crippen LogP) is 5.88. The Hall–Kier alpha value is -2.99. The molecule has 0 aliphatic heterocycles. The van der Waals surface area contributed by atoms with Crippen LogP contribution in [0.2, 0.25) is 0 Å². The van der Waals surface area contributed by atoms with Crippen LogP contribution in [-0.2, 0) is 16.0 Å². The Labute approximate surface area is 198 Å². The molecule has 3 aromatic rings. The van der Waals surface area contributed by atoms with Gasteiger partial charge in [0.1, 0.15) is 11.9 Å². The van der Waals surface area contributed by atoms with Crippen LogP contribution in [0.1, 0.15) is 53.3 Å². The summed E-state index contributed by atoms with van der Waals surface area (Å²) in [5, 5.41) is 5.03. The number of hydrogen-bond acceptors (Lipinski definition) is 3. The highest BCUT2D eigenvalue weighted by Gasteiger charge is 2.36. The van der Waals surface area contributed by atoms with Crippen LogP contribution >= 0.6 is 11.3 Å². The summed E-state index contributed by atoms with van der Waals surface area (Å²) in [6, 6.07) is 14.8. The van der Waals surface area contributed by atoms with Crippen molar-refractivity contribution in [2.24, 2.45) is 0 Å². The number of amides is 2. The van der Waals surface area contributed by atoms with Gasteiger partial charge in [0.15, 0.2) is 0 Å². The first-order valence-electron chi connectivity index (χ1n) is 11.4. The van der Waals surface area contributed by atoms with Crippen molar-refractivity contribution in [2.75, 3.05) is 4.90 Å². The van der Waals surface area contributed by atoms with Crippen LogP contribution in [0.5, 0.6) is 0 Å². The van der Waals surface area contributed by atoms with Crippen molar-refractivity contribution >= 4 is 28.8 Å². The lowest BCUT2D eigenvalue weighted by molar-refractivity contribution is -0.127. The number of anilines is 1. The summed E-state index contributed by atoms with van der Waals surface area (Å²) in [5.41, 5.74) is 2.66. The zero-order valence-corrected chi connectivity index (χ0v) is 19.8. The molecule has 1 atom stereocenters. The summed E-state index contributed by atoms with van der Waals surface area (Å²) in [7, 11) is 0. The molecule has 1 saturated carbocycles. The normalized spacial score (nSPS) is 14.8. The lowest BCUT2D eigenvalue weighted by Crippen LogP contribution is -2.47. The Morgan fingerprint density at radius 1 is 1.09 bits per heavy atom. The van der Waals surface area contributed by atoms with Crippen LogP contribution in [0.15, 0.2) is 60.0 Å². The zero-order chi connectivity index (χ0) is 23.4. The second kappa shape index (κ2) is 10.3. The number of benzene rings is 2. The first-order valence-corrected chi connectivity index (χ1v) is 12.3. The topological polar surface area (TPSA) is 49.4 Å². The molecule has 0 spiro atoms. The molecule has 1 aromatic heterocycles. The number of nitrogens with one attached hydrogen (secondary N) is 1. The molecule has 1 aliphatic rings. The smallest absolute Gasteiger partial charge is 0.248 e. The molecule has 0 radical (unpaired) electrons. The zero-order valence-electron chi connectivity index (χ0n) is 19.0. The largest absolute Gasteiger partial charge is 0.351 e. The van der Waals surface area contributed by atoms with Gasteiger partial charge >= 0.3 is 0 Å². The number of nitrogens with zero attached hydrogens (tertiary/aromatic N) is 1. The molecule has 1 aliphatic carbocycles. The van der Waals surface area contributed by atoms with Crippen molar-refractivity contribution < 1.29 is 14.0 Å².